The zero-order valence-electron chi connectivity index (χ0n) is 13.1. The lowest BCUT2D eigenvalue weighted by Gasteiger charge is -2.40. The summed E-state index contributed by atoms with van der Waals surface area (Å²) in [6, 6.07) is 15.5. The monoisotopic (exact) mass is 332 g/mol. The van der Waals surface area contributed by atoms with Crippen molar-refractivity contribution >= 4 is 17.3 Å². The molecule has 0 saturated carbocycles. The Morgan fingerprint density at radius 3 is 2.78 bits per heavy atom. The van der Waals surface area contributed by atoms with Gasteiger partial charge in [0.25, 0.3) is 0 Å². The molecule has 2 aromatic carbocycles. The van der Waals surface area contributed by atoms with E-state index in [0.717, 1.165) is 17.0 Å². The summed E-state index contributed by atoms with van der Waals surface area (Å²) in [7, 11) is 1.84. The first kappa shape index (κ1) is 16.1. The summed E-state index contributed by atoms with van der Waals surface area (Å²) < 4.78 is 5.74. The van der Waals surface area contributed by atoms with Gasteiger partial charge in [0, 0.05) is 11.6 Å². The van der Waals surface area contributed by atoms with Crippen LogP contribution in [-0.4, -0.2) is 38.0 Å². The maximum Gasteiger partial charge on any atom is 0.142 e. The van der Waals surface area contributed by atoms with Crippen molar-refractivity contribution in [2.45, 2.75) is 12.1 Å². The number of rotatable bonds is 5. The summed E-state index contributed by atoms with van der Waals surface area (Å²) in [5, 5.41) is 14.5. The van der Waals surface area contributed by atoms with Crippen LogP contribution in [-0.2, 0) is 0 Å². The Kier molecular flexibility index (Phi) is 5.06. The van der Waals surface area contributed by atoms with Gasteiger partial charge in [0.05, 0.1) is 24.4 Å². The molecule has 5 heteroatoms. The van der Waals surface area contributed by atoms with E-state index in [9.17, 15) is 5.11 Å². The molecule has 0 aromatic heterocycles. The fourth-order valence-electron chi connectivity index (χ4n) is 3.08. The van der Waals surface area contributed by atoms with Gasteiger partial charge in [0.15, 0.2) is 0 Å². The summed E-state index contributed by atoms with van der Waals surface area (Å²) in [4.78, 5) is 2.18. The molecule has 3 rings (SSSR count). The third-order valence-electron chi connectivity index (χ3n) is 4.07. The number of nitrogens with zero attached hydrogens (tertiary/aromatic N) is 1. The van der Waals surface area contributed by atoms with Crippen LogP contribution >= 0.6 is 11.6 Å². The molecular formula is C18H21ClN2O2. The Morgan fingerprint density at radius 2 is 2.04 bits per heavy atom. The first-order valence-corrected chi connectivity index (χ1v) is 8.15. The minimum atomic E-state index is -0.549. The molecule has 23 heavy (non-hydrogen) atoms. The molecule has 2 atom stereocenters. The molecule has 0 saturated heterocycles. The number of likely N-dealkylation sites (N-methyl/N-ethyl adjacent to an activating group) is 1. The molecule has 0 radical (unpaired) electrons. The smallest absolute Gasteiger partial charge is 0.142 e. The number of nitrogens with one attached hydrogen (secondary N) is 1. The fourth-order valence-corrected chi connectivity index (χ4v) is 3.25. The van der Waals surface area contributed by atoms with E-state index in [2.05, 4.69) is 10.2 Å². The van der Waals surface area contributed by atoms with Crippen molar-refractivity contribution in [3.8, 4) is 5.75 Å². The topological polar surface area (TPSA) is 44.7 Å². The second kappa shape index (κ2) is 7.21. The molecule has 1 aliphatic rings. The molecule has 4 nitrogen and oxygen atoms in total. The predicted octanol–water partition coefficient (Wildman–Crippen LogP) is 2.86. The van der Waals surface area contributed by atoms with Crippen LogP contribution in [0, 0.1) is 0 Å². The number of anilines is 1. The lowest BCUT2D eigenvalue weighted by molar-refractivity contribution is 0.135. The molecule has 0 unspecified atom stereocenters. The predicted molar refractivity (Wildman–Crippen MR) is 93.4 cm³/mol. The number of halogens is 1. The lowest BCUT2D eigenvalue weighted by Crippen LogP contribution is -2.44. The standard InChI is InChI=1S/C18H21ClN2O2/c1-20-12-16(22)18(13-5-3-2-4-6-13)21-9-10-23-17-8-7-14(19)11-15(17)21/h2-8,11,16,18,20,22H,9-10,12H2,1H3/t16-,18+/m0/s1. The van der Waals surface area contributed by atoms with Gasteiger partial charge in [-0.3, -0.25) is 0 Å². The molecule has 0 amide bonds. The molecule has 2 N–H and O–H groups in total. The Morgan fingerprint density at radius 1 is 1.26 bits per heavy atom. The van der Waals surface area contributed by atoms with E-state index >= 15 is 0 Å². The van der Waals surface area contributed by atoms with Crippen LogP contribution < -0.4 is 15.0 Å². The Balaban J connectivity index is 2.03. The van der Waals surface area contributed by atoms with Crippen molar-refractivity contribution in [2.75, 3.05) is 31.6 Å². The highest BCUT2D eigenvalue weighted by atomic mass is 35.5. The van der Waals surface area contributed by atoms with Crippen LogP contribution in [0.3, 0.4) is 0 Å². The van der Waals surface area contributed by atoms with Gasteiger partial charge in [-0.25, -0.2) is 0 Å². The molecule has 1 aliphatic heterocycles. The van der Waals surface area contributed by atoms with Crippen molar-refractivity contribution in [3.63, 3.8) is 0 Å². The maximum absolute atomic E-state index is 10.7. The van der Waals surface area contributed by atoms with Crippen LogP contribution in [0.15, 0.2) is 48.5 Å². The molecule has 0 aliphatic carbocycles. The van der Waals surface area contributed by atoms with E-state index in [-0.39, 0.29) is 6.04 Å². The molecule has 0 fully saturated rings. The highest BCUT2D eigenvalue weighted by Crippen LogP contribution is 2.39. The third kappa shape index (κ3) is 3.44. The normalized spacial score (nSPS) is 16.4. The van der Waals surface area contributed by atoms with Gasteiger partial charge in [-0.15, -0.1) is 0 Å². The maximum atomic E-state index is 10.7. The summed E-state index contributed by atoms with van der Waals surface area (Å²) >= 11 is 6.18. The van der Waals surface area contributed by atoms with Crippen LogP contribution in [0.1, 0.15) is 11.6 Å². The zero-order chi connectivity index (χ0) is 16.2. The van der Waals surface area contributed by atoms with Gasteiger partial charge >= 0.3 is 0 Å². The van der Waals surface area contributed by atoms with E-state index in [0.29, 0.717) is 24.7 Å². The third-order valence-corrected chi connectivity index (χ3v) is 4.31. The molecule has 122 valence electrons. The average Bonchev–Trinajstić information content (AvgIpc) is 2.57. The van der Waals surface area contributed by atoms with Crippen molar-refractivity contribution in [2.24, 2.45) is 0 Å². The molecule has 0 bridgehead atoms. The van der Waals surface area contributed by atoms with E-state index in [1.165, 1.54) is 0 Å². The summed E-state index contributed by atoms with van der Waals surface area (Å²) in [6.45, 7) is 1.80. The fraction of sp³-hybridized carbons (Fsp3) is 0.333. The minimum Gasteiger partial charge on any atom is -0.490 e. The van der Waals surface area contributed by atoms with E-state index < -0.39 is 6.10 Å². The van der Waals surface area contributed by atoms with Crippen LogP contribution in [0.25, 0.3) is 0 Å². The first-order valence-electron chi connectivity index (χ1n) is 7.77. The summed E-state index contributed by atoms with van der Waals surface area (Å²) in [5.74, 6) is 0.804. The van der Waals surface area contributed by atoms with Crippen LogP contribution in [0.5, 0.6) is 5.75 Å². The molecule has 2 aromatic rings. The van der Waals surface area contributed by atoms with Gasteiger partial charge in [-0.2, -0.15) is 0 Å². The van der Waals surface area contributed by atoms with E-state index in [4.69, 9.17) is 16.3 Å². The second-order valence-electron chi connectivity index (χ2n) is 5.63. The Labute approximate surface area is 141 Å². The number of aliphatic hydroxyl groups is 1. The van der Waals surface area contributed by atoms with Crippen molar-refractivity contribution in [1.29, 1.82) is 0 Å². The Bertz CT molecular complexity index is 651. The number of hydrogen-bond donors (Lipinski definition) is 2. The average molecular weight is 333 g/mol. The SMILES string of the molecule is CNC[C@H](O)[C@@H](c1ccccc1)N1CCOc2ccc(Cl)cc21. The molecule has 0 spiro atoms. The number of benzene rings is 2. The minimum absolute atomic E-state index is 0.162. The largest absolute Gasteiger partial charge is 0.490 e. The number of hydrogen-bond acceptors (Lipinski definition) is 4. The highest BCUT2D eigenvalue weighted by molar-refractivity contribution is 6.31. The van der Waals surface area contributed by atoms with Crippen molar-refractivity contribution in [1.82, 2.24) is 5.32 Å². The van der Waals surface area contributed by atoms with E-state index in [1.807, 2.05) is 55.6 Å². The Hall–Kier alpha value is -1.75. The van der Waals surface area contributed by atoms with Gasteiger partial charge in [0.2, 0.25) is 0 Å². The number of aliphatic hydroxyl groups excluding tert-OH is 1. The van der Waals surface area contributed by atoms with Crippen molar-refractivity contribution < 1.29 is 9.84 Å². The lowest BCUT2D eigenvalue weighted by atomic mass is 9.98. The van der Waals surface area contributed by atoms with Gasteiger partial charge in [-0.1, -0.05) is 41.9 Å². The van der Waals surface area contributed by atoms with Crippen LogP contribution in [0.2, 0.25) is 5.02 Å². The number of ether oxygens (including phenoxy) is 1. The highest BCUT2D eigenvalue weighted by Gasteiger charge is 2.31. The van der Waals surface area contributed by atoms with Gasteiger partial charge in [-0.05, 0) is 30.8 Å². The number of fused-ring (bicyclic) bond motifs is 1. The first-order chi connectivity index (χ1) is 11.2. The summed E-state index contributed by atoms with van der Waals surface area (Å²) in [6.07, 6.45) is -0.549. The van der Waals surface area contributed by atoms with Gasteiger partial charge in [0.1, 0.15) is 12.4 Å². The van der Waals surface area contributed by atoms with Crippen LogP contribution in [0.4, 0.5) is 5.69 Å². The quantitative estimate of drug-likeness (QED) is 0.883. The summed E-state index contributed by atoms with van der Waals surface area (Å²) in [5.41, 5.74) is 2.00. The van der Waals surface area contributed by atoms with Crippen molar-refractivity contribution in [3.05, 3.63) is 59.1 Å². The van der Waals surface area contributed by atoms with E-state index in [1.54, 1.807) is 0 Å². The zero-order valence-corrected chi connectivity index (χ0v) is 13.8. The second-order valence-corrected chi connectivity index (χ2v) is 6.07. The molecule has 1 heterocycles. The van der Waals surface area contributed by atoms with Gasteiger partial charge < -0.3 is 20.1 Å². The molecular weight excluding hydrogens is 312 g/mol.